The van der Waals surface area contributed by atoms with Crippen molar-refractivity contribution in [3.63, 3.8) is 0 Å². The average molecular weight is 410 g/mol. The maximum absolute atomic E-state index is 12.7. The number of thioether (sulfide) groups is 1. The quantitative estimate of drug-likeness (QED) is 0.825. The third-order valence-corrected chi connectivity index (χ3v) is 6.56. The molecule has 0 aromatic heterocycles. The Morgan fingerprint density at radius 1 is 0.966 bits per heavy atom. The van der Waals surface area contributed by atoms with Gasteiger partial charge in [-0.05, 0) is 16.7 Å². The molecule has 2 saturated heterocycles. The molecule has 0 aliphatic carbocycles. The molecule has 2 amide bonds. The van der Waals surface area contributed by atoms with E-state index in [4.69, 9.17) is 0 Å². The second-order valence-corrected chi connectivity index (χ2v) is 8.76. The first kappa shape index (κ1) is 20.0. The molecule has 1 N–H and O–H groups in total. The lowest BCUT2D eigenvalue weighted by Gasteiger charge is -2.36. The zero-order valence-electron chi connectivity index (χ0n) is 16.5. The van der Waals surface area contributed by atoms with Crippen LogP contribution in [0.1, 0.15) is 12.0 Å². The number of piperazine rings is 1. The highest BCUT2D eigenvalue weighted by Gasteiger charge is 2.33. The van der Waals surface area contributed by atoms with Crippen LogP contribution >= 0.6 is 11.8 Å². The fraction of sp³-hybridized carbons (Fsp3) is 0.391. The van der Waals surface area contributed by atoms with Crippen LogP contribution in [0.25, 0.3) is 11.1 Å². The van der Waals surface area contributed by atoms with E-state index in [0.29, 0.717) is 13.1 Å². The topological polar surface area (TPSA) is 52.7 Å². The Hall–Kier alpha value is -2.31. The van der Waals surface area contributed by atoms with Crippen LogP contribution in [-0.4, -0.2) is 65.3 Å². The molecular weight excluding hydrogens is 382 g/mol. The van der Waals surface area contributed by atoms with Crippen LogP contribution in [0.4, 0.5) is 0 Å². The van der Waals surface area contributed by atoms with E-state index in [1.807, 2.05) is 34.9 Å². The van der Waals surface area contributed by atoms with E-state index < -0.39 is 0 Å². The van der Waals surface area contributed by atoms with Gasteiger partial charge in [-0.25, -0.2) is 0 Å². The van der Waals surface area contributed by atoms with Crippen molar-refractivity contribution in [2.24, 2.45) is 0 Å². The van der Waals surface area contributed by atoms with Crippen molar-refractivity contribution in [3.8, 4) is 11.1 Å². The number of rotatable bonds is 5. The number of hydrogen-bond donors (Lipinski definition) is 1. The van der Waals surface area contributed by atoms with Crippen molar-refractivity contribution in [1.82, 2.24) is 15.1 Å². The molecule has 0 spiro atoms. The minimum absolute atomic E-state index is 0.0307. The molecule has 4 rings (SSSR count). The number of carbonyl (C=O) groups is 2. The van der Waals surface area contributed by atoms with Gasteiger partial charge in [-0.2, -0.15) is 11.8 Å². The smallest absolute Gasteiger partial charge is 0.237 e. The summed E-state index contributed by atoms with van der Waals surface area (Å²) in [7, 11) is 0. The number of nitrogens with one attached hydrogen (secondary N) is 1. The Kier molecular flexibility index (Phi) is 6.52. The molecule has 0 bridgehead atoms. The van der Waals surface area contributed by atoms with Gasteiger partial charge in [0.2, 0.25) is 11.8 Å². The van der Waals surface area contributed by atoms with Crippen molar-refractivity contribution in [2.75, 3.05) is 37.7 Å². The molecule has 29 heavy (non-hydrogen) atoms. The monoisotopic (exact) mass is 409 g/mol. The highest BCUT2D eigenvalue weighted by molar-refractivity contribution is 7.99. The molecule has 5 nitrogen and oxygen atoms in total. The van der Waals surface area contributed by atoms with Gasteiger partial charge in [0.15, 0.2) is 0 Å². The third kappa shape index (κ3) is 5.00. The maximum atomic E-state index is 12.7. The van der Waals surface area contributed by atoms with Crippen molar-refractivity contribution in [1.29, 1.82) is 0 Å². The third-order valence-electron chi connectivity index (χ3n) is 5.62. The Bertz CT molecular complexity index is 835. The lowest BCUT2D eigenvalue weighted by molar-refractivity contribution is -0.138. The van der Waals surface area contributed by atoms with Crippen LogP contribution in [0.5, 0.6) is 0 Å². The first-order chi connectivity index (χ1) is 14.2. The van der Waals surface area contributed by atoms with Gasteiger partial charge in [-0.1, -0.05) is 54.6 Å². The second kappa shape index (κ2) is 9.46. The fourth-order valence-corrected chi connectivity index (χ4v) is 4.85. The number of hydrogen-bond acceptors (Lipinski definition) is 4. The van der Waals surface area contributed by atoms with Crippen molar-refractivity contribution in [2.45, 2.75) is 19.0 Å². The summed E-state index contributed by atoms with van der Waals surface area (Å²) in [5.41, 5.74) is 3.53. The molecule has 0 saturated carbocycles. The van der Waals surface area contributed by atoms with E-state index in [2.05, 4.69) is 46.6 Å². The zero-order chi connectivity index (χ0) is 20.1. The van der Waals surface area contributed by atoms with Gasteiger partial charge in [0.25, 0.3) is 0 Å². The largest absolute Gasteiger partial charge is 0.353 e. The summed E-state index contributed by atoms with van der Waals surface area (Å²) >= 11 is 1.88. The SMILES string of the molecule is O=C1NCCN(Cc2ccc(-c3ccccc3)cc2)C1CC(=O)N1CCSCC1. The van der Waals surface area contributed by atoms with Crippen molar-refractivity contribution >= 4 is 23.6 Å². The number of carbonyl (C=O) groups excluding carboxylic acids is 2. The first-order valence-electron chi connectivity index (χ1n) is 10.2. The highest BCUT2D eigenvalue weighted by Crippen LogP contribution is 2.21. The zero-order valence-corrected chi connectivity index (χ0v) is 17.4. The Labute approximate surface area is 176 Å². The number of amides is 2. The van der Waals surface area contributed by atoms with E-state index in [-0.39, 0.29) is 24.3 Å². The van der Waals surface area contributed by atoms with E-state index in [9.17, 15) is 9.59 Å². The summed E-state index contributed by atoms with van der Waals surface area (Å²) in [4.78, 5) is 29.3. The molecule has 6 heteroatoms. The predicted molar refractivity (Wildman–Crippen MR) is 118 cm³/mol. The van der Waals surface area contributed by atoms with Gasteiger partial charge < -0.3 is 10.2 Å². The molecule has 2 aromatic rings. The Morgan fingerprint density at radius 2 is 1.66 bits per heavy atom. The van der Waals surface area contributed by atoms with E-state index in [1.54, 1.807) is 0 Å². The normalized spacial score (nSPS) is 20.3. The summed E-state index contributed by atoms with van der Waals surface area (Å²) in [6.07, 6.45) is 0.262. The van der Waals surface area contributed by atoms with Gasteiger partial charge >= 0.3 is 0 Å². The van der Waals surface area contributed by atoms with Gasteiger partial charge in [-0.3, -0.25) is 14.5 Å². The molecule has 1 unspecified atom stereocenters. The van der Waals surface area contributed by atoms with Gasteiger partial charge in [0, 0.05) is 44.2 Å². The van der Waals surface area contributed by atoms with Crippen molar-refractivity contribution in [3.05, 3.63) is 60.2 Å². The lowest BCUT2D eigenvalue weighted by atomic mass is 10.0. The minimum Gasteiger partial charge on any atom is -0.353 e. The summed E-state index contributed by atoms with van der Waals surface area (Å²) in [6.45, 7) is 3.65. The minimum atomic E-state index is -0.389. The summed E-state index contributed by atoms with van der Waals surface area (Å²) in [5.74, 6) is 2.04. The van der Waals surface area contributed by atoms with Crippen LogP contribution < -0.4 is 5.32 Å². The Balaban J connectivity index is 1.43. The molecule has 2 aliphatic heterocycles. The maximum Gasteiger partial charge on any atom is 0.237 e. The molecule has 2 aromatic carbocycles. The van der Waals surface area contributed by atoms with Gasteiger partial charge in [0.1, 0.15) is 0 Å². The second-order valence-electron chi connectivity index (χ2n) is 7.54. The fourth-order valence-electron chi connectivity index (χ4n) is 3.95. The van der Waals surface area contributed by atoms with E-state index in [0.717, 1.165) is 36.7 Å². The van der Waals surface area contributed by atoms with Crippen LogP contribution in [0, 0.1) is 0 Å². The highest BCUT2D eigenvalue weighted by atomic mass is 32.2. The average Bonchev–Trinajstić information content (AvgIpc) is 2.78. The lowest BCUT2D eigenvalue weighted by Crippen LogP contribution is -2.56. The number of nitrogens with zero attached hydrogens (tertiary/aromatic N) is 2. The van der Waals surface area contributed by atoms with Gasteiger partial charge in [0.05, 0.1) is 12.5 Å². The van der Waals surface area contributed by atoms with E-state index in [1.165, 1.54) is 11.1 Å². The molecule has 2 fully saturated rings. The predicted octanol–water partition coefficient (Wildman–Crippen LogP) is 2.62. The molecule has 2 heterocycles. The van der Waals surface area contributed by atoms with Crippen LogP contribution in [-0.2, 0) is 16.1 Å². The molecule has 1 atom stereocenters. The summed E-state index contributed by atoms with van der Waals surface area (Å²) < 4.78 is 0. The molecular formula is C23H27N3O2S. The van der Waals surface area contributed by atoms with Crippen molar-refractivity contribution < 1.29 is 9.59 Å². The molecule has 152 valence electrons. The summed E-state index contributed by atoms with van der Waals surface area (Å²) in [5, 5.41) is 2.93. The summed E-state index contributed by atoms with van der Waals surface area (Å²) in [6, 6.07) is 18.4. The van der Waals surface area contributed by atoms with Crippen LogP contribution in [0.2, 0.25) is 0 Å². The first-order valence-corrected chi connectivity index (χ1v) is 11.4. The standard InChI is InChI=1S/C23H27N3O2S/c27-22(25-12-14-29-15-13-25)16-21-23(28)24-10-11-26(21)17-18-6-8-20(9-7-18)19-4-2-1-3-5-19/h1-9,21H,10-17H2,(H,24,28). The Morgan fingerprint density at radius 3 is 2.38 bits per heavy atom. The molecule has 0 radical (unpaired) electrons. The molecule has 2 aliphatic rings. The van der Waals surface area contributed by atoms with Gasteiger partial charge in [-0.15, -0.1) is 0 Å². The number of benzene rings is 2. The van der Waals surface area contributed by atoms with Crippen LogP contribution in [0.3, 0.4) is 0 Å². The van der Waals surface area contributed by atoms with Crippen LogP contribution in [0.15, 0.2) is 54.6 Å². The van der Waals surface area contributed by atoms with E-state index >= 15 is 0 Å².